The molecule has 3 saturated heterocycles. The third-order valence-electron chi connectivity index (χ3n) is 17.3. The first kappa shape index (κ1) is 75.4. The number of hydrogen-bond donors (Lipinski definition) is 1. The minimum absolute atomic E-state index is 0.00720. The van der Waals surface area contributed by atoms with Crippen LogP contribution in [0, 0.1) is 5.92 Å². The van der Waals surface area contributed by atoms with Gasteiger partial charge in [0.25, 0.3) is 0 Å². The number of esters is 8. The van der Waals surface area contributed by atoms with Gasteiger partial charge < -0.3 is 71.4 Å². The Labute approximate surface area is 596 Å². The predicted molar refractivity (Wildman–Crippen MR) is 368 cm³/mol. The summed E-state index contributed by atoms with van der Waals surface area (Å²) in [5.41, 5.74) is 0.667. The van der Waals surface area contributed by atoms with Crippen LogP contribution < -0.4 is 0 Å². The summed E-state index contributed by atoms with van der Waals surface area (Å²) in [4.78, 5) is 113. The number of aliphatic hydroxyl groups is 1. The van der Waals surface area contributed by atoms with Crippen LogP contribution >= 0.6 is 0 Å². The van der Waals surface area contributed by atoms with Crippen LogP contribution in [0.4, 0.5) is 0 Å². The molecule has 0 radical (unpaired) electrons. The van der Waals surface area contributed by atoms with E-state index in [0.717, 1.165) is 39.0 Å². The highest BCUT2D eigenvalue weighted by Gasteiger charge is 2.57. The molecular weight excluding hydrogens is 1330 g/mol. The molecule has 0 aliphatic carbocycles. The second-order valence-corrected chi connectivity index (χ2v) is 24.7. The molecule has 103 heavy (non-hydrogen) atoms. The van der Waals surface area contributed by atoms with Crippen molar-refractivity contribution in [2.75, 3.05) is 26.4 Å². The van der Waals surface area contributed by atoms with Crippen LogP contribution in [0.2, 0.25) is 0 Å². The lowest BCUT2D eigenvalue weighted by molar-refractivity contribution is -0.362. The van der Waals surface area contributed by atoms with E-state index in [4.69, 9.17) is 66.3 Å². The van der Waals surface area contributed by atoms with E-state index >= 15 is 0 Å². The maximum Gasteiger partial charge on any atom is 0.338 e. The van der Waals surface area contributed by atoms with Gasteiger partial charge in [0.1, 0.15) is 49.8 Å². The SMILES string of the molecule is C=CCCCCCCCCOC1OC(COC2OC(COC(=O)c3ccccc3)C(OC(=O)c3ccccc3)C(OC(=O)c3ccccc3)C2OC(=O)c2ccccc2)C(O)C(OC2OC(COC(=O)c3ccccc3)C(OC(=O)c3ccccc3)C(C)C2OC(=O)c2ccccc2)C1OC(C)=O. The molecule has 15 unspecified atom stereocenters. The number of aliphatic hydroxyl groups excluding tert-OH is 1. The zero-order valence-corrected chi connectivity index (χ0v) is 56.9. The van der Waals surface area contributed by atoms with Crippen LogP contribution in [0.15, 0.2) is 225 Å². The topological polar surface area (TPSA) is 286 Å². The largest absolute Gasteiger partial charge is 0.459 e. The number of carbonyl (C=O) groups is 8. The highest BCUT2D eigenvalue weighted by molar-refractivity contribution is 5.93. The Morgan fingerprint density at radius 3 is 1.12 bits per heavy atom. The first-order valence-corrected chi connectivity index (χ1v) is 34.2. The lowest BCUT2D eigenvalue weighted by atomic mass is 9.89. The highest BCUT2D eigenvalue weighted by atomic mass is 16.8. The lowest BCUT2D eigenvalue weighted by Crippen LogP contribution is -2.66. The molecule has 0 spiro atoms. The summed E-state index contributed by atoms with van der Waals surface area (Å²) in [6, 6.07) is 55.4. The second kappa shape index (κ2) is 38.1. The first-order chi connectivity index (χ1) is 50.1. The molecule has 0 amide bonds. The van der Waals surface area contributed by atoms with Crippen LogP contribution in [0.25, 0.3) is 0 Å². The number of allylic oxidation sites excluding steroid dienone is 1. The van der Waals surface area contributed by atoms with Crippen molar-refractivity contribution in [3.05, 3.63) is 264 Å². The lowest BCUT2D eigenvalue weighted by Gasteiger charge is -2.48. The van der Waals surface area contributed by atoms with Crippen molar-refractivity contribution in [1.29, 1.82) is 0 Å². The predicted octanol–water partition coefficient (Wildman–Crippen LogP) is 11.3. The molecule has 7 aromatic carbocycles. The van der Waals surface area contributed by atoms with Crippen LogP contribution in [-0.2, 0) is 71.1 Å². The molecule has 3 aliphatic heterocycles. The molecular formula is C80H82O23. The fraction of sp³-hybridized carbons (Fsp3) is 0.350. The van der Waals surface area contributed by atoms with Crippen LogP contribution in [0.5, 0.6) is 0 Å². The normalized spacial score (nSPS) is 24.4. The van der Waals surface area contributed by atoms with Crippen molar-refractivity contribution < 1.29 is 110 Å². The number of hydrogen-bond acceptors (Lipinski definition) is 23. The van der Waals surface area contributed by atoms with E-state index in [1.165, 1.54) is 84.9 Å². The summed E-state index contributed by atoms with van der Waals surface area (Å²) in [5.74, 6) is -8.16. The van der Waals surface area contributed by atoms with Crippen molar-refractivity contribution in [3.8, 4) is 0 Å². The molecule has 23 heteroatoms. The summed E-state index contributed by atoms with van der Waals surface area (Å²) in [6.07, 6.45) is -16.2. The van der Waals surface area contributed by atoms with Gasteiger partial charge in [-0.1, -0.05) is 166 Å². The average molecular weight is 1410 g/mol. The summed E-state index contributed by atoms with van der Waals surface area (Å²) in [6.45, 7) is 4.47. The van der Waals surface area contributed by atoms with Crippen molar-refractivity contribution in [3.63, 3.8) is 0 Å². The number of benzene rings is 7. The van der Waals surface area contributed by atoms with Crippen molar-refractivity contribution in [2.24, 2.45) is 5.92 Å². The van der Waals surface area contributed by atoms with Gasteiger partial charge in [0.05, 0.1) is 45.6 Å². The van der Waals surface area contributed by atoms with Crippen LogP contribution in [0.1, 0.15) is 131 Å². The van der Waals surface area contributed by atoms with Crippen molar-refractivity contribution in [2.45, 2.75) is 145 Å². The van der Waals surface area contributed by atoms with Crippen LogP contribution in [-0.4, -0.2) is 165 Å². The second-order valence-electron chi connectivity index (χ2n) is 24.7. The molecule has 0 bridgehead atoms. The molecule has 3 fully saturated rings. The molecule has 540 valence electrons. The maximum absolute atomic E-state index is 14.6. The van der Waals surface area contributed by atoms with Gasteiger partial charge >= 0.3 is 47.8 Å². The van der Waals surface area contributed by atoms with E-state index in [1.54, 1.807) is 134 Å². The Morgan fingerprint density at radius 2 is 0.689 bits per heavy atom. The Bertz CT molecular complexity index is 3870. The van der Waals surface area contributed by atoms with Gasteiger partial charge in [-0.05, 0) is 104 Å². The summed E-state index contributed by atoms with van der Waals surface area (Å²) in [7, 11) is 0. The fourth-order valence-corrected chi connectivity index (χ4v) is 12.0. The molecule has 0 saturated carbocycles. The minimum Gasteiger partial charge on any atom is -0.459 e. The molecule has 7 aromatic rings. The number of unbranched alkanes of at least 4 members (excludes halogenated alkanes) is 6. The smallest absolute Gasteiger partial charge is 0.338 e. The molecule has 23 nitrogen and oxygen atoms in total. The molecule has 10 rings (SSSR count). The zero-order chi connectivity index (χ0) is 72.5. The molecule has 3 aliphatic rings. The Morgan fingerprint density at radius 1 is 0.359 bits per heavy atom. The van der Waals surface area contributed by atoms with Gasteiger partial charge in [-0.15, -0.1) is 6.58 Å². The Balaban J connectivity index is 1.03. The fourth-order valence-electron chi connectivity index (χ4n) is 12.0. The van der Waals surface area contributed by atoms with E-state index in [9.17, 15) is 43.5 Å². The number of rotatable bonds is 32. The molecule has 3 heterocycles. The van der Waals surface area contributed by atoms with E-state index in [1.807, 2.05) is 6.08 Å². The highest BCUT2D eigenvalue weighted by Crippen LogP contribution is 2.38. The van der Waals surface area contributed by atoms with Crippen LogP contribution in [0.3, 0.4) is 0 Å². The minimum atomic E-state index is -1.99. The molecule has 0 aromatic heterocycles. The van der Waals surface area contributed by atoms with Gasteiger partial charge in [0, 0.05) is 19.4 Å². The summed E-state index contributed by atoms with van der Waals surface area (Å²) < 4.78 is 89.3. The maximum atomic E-state index is 14.6. The quantitative estimate of drug-likeness (QED) is 0.0177. The summed E-state index contributed by atoms with van der Waals surface area (Å²) >= 11 is 0. The van der Waals surface area contributed by atoms with Gasteiger partial charge in [-0.3, -0.25) is 4.79 Å². The molecule has 15 atom stereocenters. The van der Waals surface area contributed by atoms with Crippen molar-refractivity contribution in [1.82, 2.24) is 0 Å². The monoisotopic (exact) mass is 1410 g/mol. The van der Waals surface area contributed by atoms with E-state index in [0.29, 0.717) is 12.8 Å². The van der Waals surface area contributed by atoms with E-state index in [2.05, 4.69) is 6.58 Å². The molecule has 1 N–H and O–H groups in total. The number of ether oxygens (including phenoxy) is 14. The first-order valence-electron chi connectivity index (χ1n) is 34.2. The van der Waals surface area contributed by atoms with Gasteiger partial charge in [-0.2, -0.15) is 0 Å². The van der Waals surface area contributed by atoms with E-state index < -0.39 is 160 Å². The third-order valence-corrected chi connectivity index (χ3v) is 17.3. The van der Waals surface area contributed by atoms with Crippen molar-refractivity contribution >= 4 is 47.8 Å². The van der Waals surface area contributed by atoms with E-state index in [-0.39, 0.29) is 45.6 Å². The Hall–Kier alpha value is -10.2. The Kier molecular flexibility index (Phi) is 27.9. The van der Waals surface area contributed by atoms with Gasteiger partial charge in [0.15, 0.2) is 49.4 Å². The standard InChI is InChI=1S/C80H82O23/c1-4-5-6-7-8-9-10-32-47-90-78-69(94-52(3)81)67(103-80-65(99-74(86)56-39-24-14-25-40-56)51(2)64(98-73(85)55-37-22-13-23-38-55)61(97-80)49-91-71(83)53-33-18-11-19-34-53)63(82)60(95-78)48-93-79-70(102-77(89)59-45-30-17-31-46-59)68(101-76(88)58-43-28-16-29-44-58)66(100-75(87)57-41-26-15-27-42-57)62(96-79)50-92-72(84)54-35-20-12-21-36-54/h4,11-31,33-46,51,60-70,78-80,82H,1,5-10,32,47-50H2,2-3H3. The van der Waals surface area contributed by atoms with Gasteiger partial charge in [0.2, 0.25) is 0 Å². The average Bonchev–Trinajstić information content (AvgIpc) is 0.778. The zero-order valence-electron chi connectivity index (χ0n) is 56.9. The van der Waals surface area contributed by atoms with Gasteiger partial charge in [-0.25, -0.2) is 33.6 Å². The number of carbonyl (C=O) groups excluding carboxylic acids is 8. The summed E-state index contributed by atoms with van der Waals surface area (Å²) in [5, 5.41) is 13.1. The third kappa shape index (κ3) is 21.0.